The SMILES string of the molecule is CC1(C)c2ccccc2-c2ccc(N(c3ccccc3)c3cccc4c3[C@]3(CCc5cccc(N(c6ccccc6)c6cccc(-c7ccccc7)c6)c53)CC4)cc21. The molecule has 11 rings (SSSR count). The van der Waals surface area contributed by atoms with Gasteiger partial charge in [0.2, 0.25) is 0 Å². The summed E-state index contributed by atoms with van der Waals surface area (Å²) in [4.78, 5) is 5.08. The zero-order valence-electron chi connectivity index (χ0n) is 33.2. The van der Waals surface area contributed by atoms with Gasteiger partial charge in [-0.3, -0.25) is 0 Å². The molecule has 1 atom stereocenters. The van der Waals surface area contributed by atoms with E-state index in [2.05, 4.69) is 218 Å². The highest BCUT2D eigenvalue weighted by atomic mass is 15.2. The van der Waals surface area contributed by atoms with Crippen molar-refractivity contribution in [1.82, 2.24) is 0 Å². The molecular formula is C56H46N2. The maximum absolute atomic E-state index is 2.56. The number of fused-ring (bicyclic) bond motifs is 7. The van der Waals surface area contributed by atoms with Crippen molar-refractivity contribution in [3.05, 3.63) is 228 Å². The summed E-state index contributed by atoms with van der Waals surface area (Å²) in [6, 6.07) is 72.2. The summed E-state index contributed by atoms with van der Waals surface area (Å²) in [7, 11) is 0. The molecule has 280 valence electrons. The highest BCUT2D eigenvalue weighted by Crippen LogP contribution is 2.60. The van der Waals surface area contributed by atoms with Crippen molar-refractivity contribution in [2.75, 3.05) is 9.80 Å². The van der Waals surface area contributed by atoms with E-state index in [1.165, 1.54) is 89.8 Å². The molecule has 0 saturated heterocycles. The van der Waals surface area contributed by atoms with E-state index in [1.807, 2.05) is 0 Å². The Balaban J connectivity index is 1.11. The van der Waals surface area contributed by atoms with Gasteiger partial charge in [-0.05, 0) is 142 Å². The van der Waals surface area contributed by atoms with Crippen LogP contribution >= 0.6 is 0 Å². The summed E-state index contributed by atoms with van der Waals surface area (Å²) in [6.45, 7) is 4.77. The fourth-order valence-electron chi connectivity index (χ4n) is 10.8. The largest absolute Gasteiger partial charge is 0.310 e. The van der Waals surface area contributed by atoms with Crippen LogP contribution in [0.15, 0.2) is 194 Å². The first-order valence-electron chi connectivity index (χ1n) is 20.9. The predicted molar refractivity (Wildman–Crippen MR) is 243 cm³/mol. The minimum absolute atomic E-state index is 0.0951. The minimum atomic E-state index is -0.152. The lowest BCUT2D eigenvalue weighted by atomic mass is 9.74. The van der Waals surface area contributed by atoms with Gasteiger partial charge in [-0.1, -0.05) is 147 Å². The molecule has 0 unspecified atom stereocenters. The van der Waals surface area contributed by atoms with Crippen LogP contribution in [0.1, 0.15) is 60.1 Å². The topological polar surface area (TPSA) is 6.48 Å². The number of hydrogen-bond acceptors (Lipinski definition) is 2. The van der Waals surface area contributed by atoms with Crippen LogP contribution in [0, 0.1) is 0 Å². The van der Waals surface area contributed by atoms with E-state index in [-0.39, 0.29) is 10.8 Å². The molecule has 8 aromatic carbocycles. The third-order valence-corrected chi connectivity index (χ3v) is 13.4. The highest BCUT2D eigenvalue weighted by molar-refractivity contribution is 5.89. The molecule has 2 nitrogen and oxygen atoms in total. The molecule has 8 aromatic rings. The van der Waals surface area contributed by atoms with Crippen molar-refractivity contribution in [3.8, 4) is 22.3 Å². The van der Waals surface area contributed by atoms with E-state index < -0.39 is 0 Å². The second-order valence-corrected chi connectivity index (χ2v) is 16.9. The summed E-state index contributed by atoms with van der Waals surface area (Å²) in [5, 5.41) is 0. The van der Waals surface area contributed by atoms with E-state index in [1.54, 1.807) is 0 Å². The zero-order chi connectivity index (χ0) is 38.8. The Morgan fingerprint density at radius 1 is 0.379 bits per heavy atom. The molecule has 2 heteroatoms. The molecular weight excluding hydrogens is 701 g/mol. The molecule has 0 fully saturated rings. The first-order valence-corrected chi connectivity index (χ1v) is 20.9. The van der Waals surface area contributed by atoms with Crippen molar-refractivity contribution in [2.24, 2.45) is 0 Å². The van der Waals surface area contributed by atoms with Gasteiger partial charge < -0.3 is 9.80 Å². The number of anilines is 6. The Morgan fingerprint density at radius 2 is 0.862 bits per heavy atom. The van der Waals surface area contributed by atoms with Crippen molar-refractivity contribution in [3.63, 3.8) is 0 Å². The van der Waals surface area contributed by atoms with E-state index in [9.17, 15) is 0 Å². The van der Waals surface area contributed by atoms with E-state index in [0.29, 0.717) is 0 Å². The summed E-state index contributed by atoms with van der Waals surface area (Å²) in [5.41, 5.74) is 20.9. The summed E-state index contributed by atoms with van der Waals surface area (Å²) in [5.74, 6) is 0. The summed E-state index contributed by atoms with van der Waals surface area (Å²) < 4.78 is 0. The minimum Gasteiger partial charge on any atom is -0.310 e. The molecule has 0 amide bonds. The van der Waals surface area contributed by atoms with Crippen LogP contribution in [0.2, 0.25) is 0 Å². The van der Waals surface area contributed by atoms with Crippen LogP contribution in [0.3, 0.4) is 0 Å². The Kier molecular flexibility index (Phi) is 8.05. The molecule has 0 aromatic heterocycles. The molecule has 0 saturated carbocycles. The molecule has 3 aliphatic carbocycles. The predicted octanol–water partition coefficient (Wildman–Crippen LogP) is 14.8. The maximum atomic E-state index is 2.56. The normalized spacial score (nSPS) is 16.7. The standard InChI is InChI=1S/C56H46N2/c1-55(2)49-28-13-12-27-47(49)48-32-31-46(38-50(48)55)58(44-24-10-5-11-25-44)52-30-16-20-41-34-36-56(54(41)52)35-33-40-19-15-29-51(53(40)56)57(43-22-8-4-9-23-43)45-26-14-21-42(37-45)39-17-6-3-7-18-39/h3-32,37-38H,33-36H2,1-2H3/t56-/m1/s1. The van der Waals surface area contributed by atoms with Gasteiger partial charge in [-0.2, -0.15) is 0 Å². The smallest absolute Gasteiger partial charge is 0.0505 e. The number of rotatable bonds is 7. The van der Waals surface area contributed by atoms with Gasteiger partial charge >= 0.3 is 0 Å². The second kappa shape index (κ2) is 13.5. The number of para-hydroxylation sites is 2. The van der Waals surface area contributed by atoms with Crippen LogP contribution in [0.4, 0.5) is 34.1 Å². The number of hydrogen-bond donors (Lipinski definition) is 0. The van der Waals surface area contributed by atoms with Crippen LogP contribution < -0.4 is 9.80 Å². The lowest BCUT2D eigenvalue weighted by Gasteiger charge is -2.37. The van der Waals surface area contributed by atoms with Crippen molar-refractivity contribution < 1.29 is 0 Å². The van der Waals surface area contributed by atoms with Crippen LogP contribution in [0.25, 0.3) is 22.3 Å². The first-order chi connectivity index (χ1) is 28.5. The summed E-state index contributed by atoms with van der Waals surface area (Å²) >= 11 is 0. The van der Waals surface area contributed by atoms with Crippen LogP contribution in [-0.2, 0) is 23.7 Å². The second-order valence-electron chi connectivity index (χ2n) is 16.9. The molecule has 0 radical (unpaired) electrons. The van der Waals surface area contributed by atoms with Gasteiger partial charge in [0, 0.05) is 33.6 Å². The molecule has 1 spiro atoms. The summed E-state index contributed by atoms with van der Waals surface area (Å²) in [6.07, 6.45) is 4.29. The molecule has 0 heterocycles. The van der Waals surface area contributed by atoms with Gasteiger partial charge in [-0.25, -0.2) is 0 Å². The Morgan fingerprint density at radius 3 is 1.48 bits per heavy atom. The van der Waals surface area contributed by atoms with E-state index in [0.717, 1.165) is 25.7 Å². The molecule has 0 bridgehead atoms. The van der Waals surface area contributed by atoms with Gasteiger partial charge in [0.05, 0.1) is 11.4 Å². The monoisotopic (exact) mass is 746 g/mol. The number of nitrogens with zero attached hydrogens (tertiary/aromatic N) is 2. The molecule has 0 aliphatic heterocycles. The third-order valence-electron chi connectivity index (χ3n) is 13.4. The Hall–Kier alpha value is -6.64. The van der Waals surface area contributed by atoms with Crippen molar-refractivity contribution in [2.45, 2.75) is 50.4 Å². The quantitative estimate of drug-likeness (QED) is 0.160. The fourth-order valence-corrected chi connectivity index (χ4v) is 10.8. The van der Waals surface area contributed by atoms with Crippen molar-refractivity contribution in [1.29, 1.82) is 0 Å². The average molecular weight is 747 g/mol. The van der Waals surface area contributed by atoms with Gasteiger partial charge in [0.1, 0.15) is 0 Å². The van der Waals surface area contributed by atoms with Gasteiger partial charge in [0.15, 0.2) is 0 Å². The van der Waals surface area contributed by atoms with Crippen LogP contribution in [0.5, 0.6) is 0 Å². The Labute approximate surface area is 342 Å². The average Bonchev–Trinajstić information content (AvgIpc) is 3.93. The lowest BCUT2D eigenvalue weighted by molar-refractivity contribution is 0.508. The third kappa shape index (κ3) is 5.32. The number of benzene rings is 8. The Bertz CT molecular complexity index is 2820. The van der Waals surface area contributed by atoms with Gasteiger partial charge in [-0.15, -0.1) is 0 Å². The first kappa shape index (κ1) is 34.6. The number of aryl methyl sites for hydroxylation is 2. The van der Waals surface area contributed by atoms with Crippen LogP contribution in [-0.4, -0.2) is 0 Å². The fraction of sp³-hybridized carbons (Fsp3) is 0.143. The lowest BCUT2D eigenvalue weighted by Crippen LogP contribution is -2.27. The highest BCUT2D eigenvalue weighted by Gasteiger charge is 2.49. The maximum Gasteiger partial charge on any atom is 0.0505 e. The zero-order valence-corrected chi connectivity index (χ0v) is 33.2. The van der Waals surface area contributed by atoms with Gasteiger partial charge in [0.25, 0.3) is 0 Å². The molecule has 3 aliphatic rings. The van der Waals surface area contributed by atoms with E-state index >= 15 is 0 Å². The van der Waals surface area contributed by atoms with E-state index in [4.69, 9.17) is 0 Å². The molecule has 0 N–H and O–H groups in total. The van der Waals surface area contributed by atoms with Crippen molar-refractivity contribution >= 4 is 34.1 Å². The molecule has 58 heavy (non-hydrogen) atoms.